The smallest absolute Gasteiger partial charge is 0.311 e. The molecule has 0 aliphatic carbocycles. The summed E-state index contributed by atoms with van der Waals surface area (Å²) in [5.41, 5.74) is -1.28. The molecule has 0 aromatic carbocycles. The van der Waals surface area contributed by atoms with E-state index in [0.29, 0.717) is 6.42 Å². The molecule has 108 valence electrons. The maximum absolute atomic E-state index is 12.0. The quantitative estimate of drug-likeness (QED) is 0.719. The van der Waals surface area contributed by atoms with E-state index in [1.54, 1.807) is 20.8 Å². The molecular formula is C14H23NO4. The molecule has 19 heavy (non-hydrogen) atoms. The van der Waals surface area contributed by atoms with Crippen LogP contribution in [0.5, 0.6) is 0 Å². The standard InChI is InChI=1S/C14H23NO4/c1-9-14(5,8-15)7-10(11(17-6)18-9)19-12(16)13(2,3)4/h9-11H,7H2,1-6H3. The Balaban J connectivity index is 2.86. The van der Waals surface area contributed by atoms with Crippen LogP contribution in [0.15, 0.2) is 0 Å². The van der Waals surface area contributed by atoms with E-state index in [4.69, 9.17) is 14.2 Å². The van der Waals surface area contributed by atoms with E-state index >= 15 is 0 Å². The van der Waals surface area contributed by atoms with Crippen molar-refractivity contribution in [3.05, 3.63) is 0 Å². The molecule has 0 saturated carbocycles. The van der Waals surface area contributed by atoms with Gasteiger partial charge in [0.1, 0.15) is 0 Å². The first-order chi connectivity index (χ1) is 8.64. The predicted octanol–water partition coefficient (Wildman–Crippen LogP) is 2.26. The summed E-state index contributed by atoms with van der Waals surface area (Å²) in [6.45, 7) is 8.99. The van der Waals surface area contributed by atoms with Crippen molar-refractivity contribution in [2.45, 2.75) is 59.5 Å². The summed E-state index contributed by atoms with van der Waals surface area (Å²) in [5, 5.41) is 9.28. The van der Waals surface area contributed by atoms with Gasteiger partial charge in [-0.3, -0.25) is 4.79 Å². The summed E-state index contributed by atoms with van der Waals surface area (Å²) >= 11 is 0. The molecule has 1 saturated heterocycles. The number of rotatable bonds is 2. The Morgan fingerprint density at radius 2 is 2.05 bits per heavy atom. The molecule has 0 radical (unpaired) electrons. The van der Waals surface area contributed by atoms with Crippen LogP contribution in [0.3, 0.4) is 0 Å². The van der Waals surface area contributed by atoms with Gasteiger partial charge in [0.05, 0.1) is 23.0 Å². The van der Waals surface area contributed by atoms with Crippen LogP contribution in [-0.4, -0.2) is 31.6 Å². The van der Waals surface area contributed by atoms with Gasteiger partial charge in [0.2, 0.25) is 0 Å². The predicted molar refractivity (Wildman–Crippen MR) is 69.0 cm³/mol. The van der Waals surface area contributed by atoms with E-state index in [1.165, 1.54) is 7.11 Å². The zero-order valence-corrected chi connectivity index (χ0v) is 12.5. The first-order valence-electron chi connectivity index (χ1n) is 6.44. The van der Waals surface area contributed by atoms with E-state index in [1.807, 2.05) is 13.8 Å². The van der Waals surface area contributed by atoms with Gasteiger partial charge in [-0.2, -0.15) is 5.26 Å². The van der Waals surface area contributed by atoms with Crippen LogP contribution in [0.25, 0.3) is 0 Å². The molecule has 1 fully saturated rings. The number of hydrogen-bond donors (Lipinski definition) is 0. The first-order valence-corrected chi connectivity index (χ1v) is 6.44. The van der Waals surface area contributed by atoms with E-state index < -0.39 is 23.2 Å². The third-order valence-corrected chi connectivity index (χ3v) is 3.52. The number of nitrogens with zero attached hydrogens (tertiary/aromatic N) is 1. The van der Waals surface area contributed by atoms with Gasteiger partial charge in [0.15, 0.2) is 12.4 Å². The Hall–Kier alpha value is -1.12. The fourth-order valence-electron chi connectivity index (χ4n) is 1.87. The second-order valence-corrected chi connectivity index (χ2v) is 6.31. The fraction of sp³-hybridized carbons (Fsp3) is 0.857. The van der Waals surface area contributed by atoms with Gasteiger partial charge < -0.3 is 14.2 Å². The number of methoxy groups -OCH3 is 1. The van der Waals surface area contributed by atoms with Gasteiger partial charge >= 0.3 is 5.97 Å². The molecule has 0 aromatic rings. The van der Waals surface area contributed by atoms with Crippen LogP contribution in [0, 0.1) is 22.2 Å². The van der Waals surface area contributed by atoms with Crippen molar-refractivity contribution >= 4 is 5.97 Å². The lowest BCUT2D eigenvalue weighted by atomic mass is 9.79. The lowest BCUT2D eigenvalue weighted by Crippen LogP contribution is -2.51. The van der Waals surface area contributed by atoms with Crippen molar-refractivity contribution in [3.8, 4) is 6.07 Å². The molecule has 5 heteroatoms. The maximum atomic E-state index is 12.0. The van der Waals surface area contributed by atoms with Crippen LogP contribution in [0.4, 0.5) is 0 Å². The highest BCUT2D eigenvalue weighted by Crippen LogP contribution is 2.38. The molecule has 1 aliphatic heterocycles. The molecule has 0 aromatic heterocycles. The molecule has 1 rings (SSSR count). The lowest BCUT2D eigenvalue weighted by molar-refractivity contribution is -0.259. The van der Waals surface area contributed by atoms with Crippen molar-refractivity contribution in [1.29, 1.82) is 5.26 Å². The molecule has 1 aliphatic rings. The fourth-order valence-corrected chi connectivity index (χ4v) is 1.87. The molecule has 4 atom stereocenters. The first kappa shape index (κ1) is 15.9. The highest BCUT2D eigenvalue weighted by Gasteiger charge is 2.46. The van der Waals surface area contributed by atoms with E-state index in [-0.39, 0.29) is 12.1 Å². The summed E-state index contributed by atoms with van der Waals surface area (Å²) in [5.74, 6) is -0.321. The van der Waals surface area contributed by atoms with Crippen LogP contribution >= 0.6 is 0 Å². The minimum absolute atomic E-state index is 0.271. The molecule has 0 spiro atoms. The van der Waals surface area contributed by atoms with Gasteiger partial charge in [0, 0.05) is 13.5 Å². The summed E-state index contributed by atoms with van der Waals surface area (Å²) in [4.78, 5) is 12.0. The molecular weight excluding hydrogens is 246 g/mol. The van der Waals surface area contributed by atoms with Gasteiger partial charge in [-0.25, -0.2) is 0 Å². The zero-order chi connectivity index (χ0) is 14.8. The average Bonchev–Trinajstić information content (AvgIpc) is 2.32. The Morgan fingerprint density at radius 3 is 2.47 bits per heavy atom. The minimum Gasteiger partial charge on any atom is -0.456 e. The Labute approximate surface area is 114 Å². The lowest BCUT2D eigenvalue weighted by Gasteiger charge is -2.42. The topological polar surface area (TPSA) is 68.6 Å². The van der Waals surface area contributed by atoms with Crippen LogP contribution in [0.2, 0.25) is 0 Å². The number of carbonyl (C=O) groups is 1. The maximum Gasteiger partial charge on any atom is 0.311 e. The van der Waals surface area contributed by atoms with Gasteiger partial charge in [-0.15, -0.1) is 0 Å². The zero-order valence-electron chi connectivity index (χ0n) is 12.5. The molecule has 4 unspecified atom stereocenters. The third-order valence-electron chi connectivity index (χ3n) is 3.52. The summed E-state index contributed by atoms with van der Waals surface area (Å²) in [7, 11) is 1.50. The molecule has 1 heterocycles. The van der Waals surface area contributed by atoms with Crippen LogP contribution in [-0.2, 0) is 19.0 Å². The molecule has 0 bridgehead atoms. The van der Waals surface area contributed by atoms with Crippen molar-refractivity contribution < 1.29 is 19.0 Å². The van der Waals surface area contributed by atoms with Gasteiger partial charge in [-0.05, 0) is 34.6 Å². The third kappa shape index (κ3) is 3.46. The number of carbonyl (C=O) groups excluding carboxylic acids is 1. The van der Waals surface area contributed by atoms with Crippen molar-refractivity contribution in [2.75, 3.05) is 7.11 Å². The SMILES string of the molecule is COC1OC(C)C(C)(C#N)CC1OC(=O)C(C)(C)C. The second kappa shape index (κ2) is 5.48. The highest BCUT2D eigenvalue weighted by atomic mass is 16.7. The summed E-state index contributed by atoms with van der Waals surface area (Å²) in [6.07, 6.45) is -1.04. The summed E-state index contributed by atoms with van der Waals surface area (Å²) < 4.78 is 16.3. The van der Waals surface area contributed by atoms with Crippen LogP contribution in [0.1, 0.15) is 41.0 Å². The normalized spacial score (nSPS) is 35.5. The van der Waals surface area contributed by atoms with Crippen molar-refractivity contribution in [1.82, 2.24) is 0 Å². The summed E-state index contributed by atoms with van der Waals surface area (Å²) in [6, 6.07) is 2.24. The Morgan fingerprint density at radius 1 is 1.47 bits per heavy atom. The molecule has 0 amide bonds. The largest absolute Gasteiger partial charge is 0.456 e. The van der Waals surface area contributed by atoms with Crippen LogP contribution < -0.4 is 0 Å². The van der Waals surface area contributed by atoms with E-state index in [9.17, 15) is 10.1 Å². The molecule has 5 nitrogen and oxygen atoms in total. The average molecular weight is 269 g/mol. The minimum atomic E-state index is -0.683. The van der Waals surface area contributed by atoms with Gasteiger partial charge in [0.25, 0.3) is 0 Å². The number of esters is 1. The highest BCUT2D eigenvalue weighted by molar-refractivity contribution is 5.75. The van der Waals surface area contributed by atoms with E-state index in [2.05, 4.69) is 6.07 Å². The van der Waals surface area contributed by atoms with Crippen molar-refractivity contribution in [3.63, 3.8) is 0 Å². The Kier molecular flexibility index (Phi) is 4.59. The van der Waals surface area contributed by atoms with Gasteiger partial charge in [-0.1, -0.05) is 0 Å². The number of hydrogen-bond acceptors (Lipinski definition) is 5. The Bertz CT molecular complexity index is 382. The van der Waals surface area contributed by atoms with E-state index in [0.717, 1.165) is 0 Å². The number of nitriles is 1. The van der Waals surface area contributed by atoms with Crippen molar-refractivity contribution in [2.24, 2.45) is 10.8 Å². The monoisotopic (exact) mass is 269 g/mol. The molecule has 0 N–H and O–H groups in total. The number of ether oxygens (including phenoxy) is 3. The second-order valence-electron chi connectivity index (χ2n) is 6.31.